The molecule has 16 heavy (non-hydrogen) atoms. The van der Waals surface area contributed by atoms with Crippen molar-refractivity contribution >= 4 is 5.69 Å². The molecule has 0 aliphatic carbocycles. The van der Waals surface area contributed by atoms with Crippen LogP contribution in [0.25, 0.3) is 0 Å². The van der Waals surface area contributed by atoms with Gasteiger partial charge in [-0.3, -0.25) is 4.68 Å². The summed E-state index contributed by atoms with van der Waals surface area (Å²) >= 11 is 0. The van der Waals surface area contributed by atoms with E-state index in [4.69, 9.17) is 0 Å². The van der Waals surface area contributed by atoms with Gasteiger partial charge in [-0.05, 0) is 36.8 Å². The third-order valence-corrected chi connectivity index (χ3v) is 2.28. The number of nitrogens with zero attached hydrogens (tertiary/aromatic N) is 2. The molecule has 1 N–H and O–H groups in total. The molecule has 0 unspecified atom stereocenters. The van der Waals surface area contributed by atoms with Crippen LogP contribution in [0.1, 0.15) is 11.3 Å². The number of nitrogens with one attached hydrogen (secondary N) is 1. The predicted octanol–water partition coefficient (Wildman–Crippen LogP) is 2.48. The SMILES string of the molecule is Cc1cc(F)cc(NCc2ccn(C)n2)c1. The summed E-state index contributed by atoms with van der Waals surface area (Å²) in [6.07, 6.45) is 1.88. The van der Waals surface area contributed by atoms with Gasteiger partial charge in [-0.25, -0.2) is 4.39 Å². The van der Waals surface area contributed by atoms with E-state index in [-0.39, 0.29) is 5.82 Å². The minimum Gasteiger partial charge on any atom is -0.379 e. The zero-order valence-electron chi connectivity index (χ0n) is 9.37. The van der Waals surface area contributed by atoms with E-state index in [1.807, 2.05) is 32.3 Å². The van der Waals surface area contributed by atoms with E-state index in [1.54, 1.807) is 4.68 Å². The van der Waals surface area contributed by atoms with Gasteiger partial charge >= 0.3 is 0 Å². The third-order valence-electron chi connectivity index (χ3n) is 2.28. The van der Waals surface area contributed by atoms with Gasteiger partial charge in [0.25, 0.3) is 0 Å². The van der Waals surface area contributed by atoms with Gasteiger partial charge < -0.3 is 5.32 Å². The lowest BCUT2D eigenvalue weighted by atomic mass is 10.2. The molecule has 1 aromatic heterocycles. The van der Waals surface area contributed by atoms with Crippen LogP contribution in [0, 0.1) is 12.7 Å². The molecule has 0 saturated carbocycles. The van der Waals surface area contributed by atoms with E-state index in [0.29, 0.717) is 6.54 Å². The largest absolute Gasteiger partial charge is 0.379 e. The van der Waals surface area contributed by atoms with Gasteiger partial charge in [0.2, 0.25) is 0 Å². The van der Waals surface area contributed by atoms with Crippen LogP contribution in [0.5, 0.6) is 0 Å². The van der Waals surface area contributed by atoms with Crippen molar-refractivity contribution in [3.63, 3.8) is 0 Å². The zero-order valence-corrected chi connectivity index (χ0v) is 9.37. The maximum absolute atomic E-state index is 13.1. The summed E-state index contributed by atoms with van der Waals surface area (Å²) in [5, 5.41) is 7.37. The number of benzene rings is 1. The Morgan fingerprint density at radius 2 is 2.19 bits per heavy atom. The second-order valence-electron chi connectivity index (χ2n) is 3.85. The number of hydrogen-bond acceptors (Lipinski definition) is 2. The van der Waals surface area contributed by atoms with Crippen LogP contribution in [-0.4, -0.2) is 9.78 Å². The number of halogens is 1. The molecule has 0 bridgehead atoms. The highest BCUT2D eigenvalue weighted by Crippen LogP contribution is 2.13. The number of anilines is 1. The Bertz CT molecular complexity index is 471. The van der Waals surface area contributed by atoms with Gasteiger partial charge in [0.05, 0.1) is 12.2 Å². The number of aromatic nitrogens is 2. The Hall–Kier alpha value is -1.84. The molecular weight excluding hydrogens is 205 g/mol. The van der Waals surface area contributed by atoms with Crippen LogP contribution in [0.3, 0.4) is 0 Å². The summed E-state index contributed by atoms with van der Waals surface area (Å²) in [5.41, 5.74) is 2.62. The molecule has 2 aromatic rings. The second kappa shape index (κ2) is 4.35. The average molecular weight is 219 g/mol. The van der Waals surface area contributed by atoms with E-state index in [2.05, 4.69) is 10.4 Å². The fourth-order valence-corrected chi connectivity index (χ4v) is 1.59. The van der Waals surface area contributed by atoms with E-state index in [9.17, 15) is 4.39 Å². The molecule has 0 spiro atoms. The quantitative estimate of drug-likeness (QED) is 0.859. The van der Waals surface area contributed by atoms with Crippen LogP contribution in [0.2, 0.25) is 0 Å². The van der Waals surface area contributed by atoms with Crippen molar-refractivity contribution in [2.24, 2.45) is 7.05 Å². The molecule has 0 aliphatic rings. The summed E-state index contributed by atoms with van der Waals surface area (Å²) in [4.78, 5) is 0. The standard InChI is InChI=1S/C12H14FN3/c1-9-5-10(13)7-12(6-9)14-8-11-3-4-16(2)15-11/h3-7,14H,8H2,1-2H3. The fourth-order valence-electron chi connectivity index (χ4n) is 1.59. The van der Waals surface area contributed by atoms with E-state index in [1.165, 1.54) is 12.1 Å². The molecule has 0 atom stereocenters. The zero-order chi connectivity index (χ0) is 11.5. The average Bonchev–Trinajstić information content (AvgIpc) is 2.60. The Labute approximate surface area is 93.9 Å². The van der Waals surface area contributed by atoms with Crippen molar-refractivity contribution in [2.45, 2.75) is 13.5 Å². The van der Waals surface area contributed by atoms with E-state index < -0.39 is 0 Å². The van der Waals surface area contributed by atoms with Crippen molar-refractivity contribution in [3.05, 3.63) is 47.5 Å². The van der Waals surface area contributed by atoms with Gasteiger partial charge in [-0.2, -0.15) is 5.10 Å². The fraction of sp³-hybridized carbons (Fsp3) is 0.250. The first kappa shape index (κ1) is 10.7. The molecule has 0 radical (unpaired) electrons. The third kappa shape index (κ3) is 2.59. The van der Waals surface area contributed by atoms with Gasteiger partial charge in [0, 0.05) is 18.9 Å². The smallest absolute Gasteiger partial charge is 0.125 e. The Kier molecular flexibility index (Phi) is 2.90. The lowest BCUT2D eigenvalue weighted by Crippen LogP contribution is -2.01. The van der Waals surface area contributed by atoms with Crippen molar-refractivity contribution in [3.8, 4) is 0 Å². The van der Waals surface area contributed by atoms with Crippen molar-refractivity contribution in [2.75, 3.05) is 5.32 Å². The highest BCUT2D eigenvalue weighted by Gasteiger charge is 1.99. The lowest BCUT2D eigenvalue weighted by molar-refractivity contribution is 0.627. The normalized spacial score (nSPS) is 10.4. The molecule has 0 saturated heterocycles. The Morgan fingerprint density at radius 3 is 2.81 bits per heavy atom. The first-order chi connectivity index (χ1) is 7.63. The Balaban J connectivity index is 2.04. The molecule has 84 valence electrons. The highest BCUT2D eigenvalue weighted by molar-refractivity contribution is 5.46. The van der Waals surface area contributed by atoms with Crippen LogP contribution in [0.15, 0.2) is 30.5 Å². The summed E-state index contributed by atoms with van der Waals surface area (Å²) < 4.78 is 14.8. The van der Waals surface area contributed by atoms with Crippen molar-refractivity contribution in [1.29, 1.82) is 0 Å². The summed E-state index contributed by atoms with van der Waals surface area (Å²) in [7, 11) is 1.87. The number of aryl methyl sites for hydroxylation is 2. The van der Waals surface area contributed by atoms with E-state index in [0.717, 1.165) is 16.9 Å². The molecule has 3 nitrogen and oxygen atoms in total. The maximum atomic E-state index is 13.1. The van der Waals surface area contributed by atoms with Gasteiger partial charge in [0.1, 0.15) is 5.82 Å². The molecule has 0 aliphatic heterocycles. The highest BCUT2D eigenvalue weighted by atomic mass is 19.1. The summed E-state index contributed by atoms with van der Waals surface area (Å²) in [5.74, 6) is -0.219. The van der Waals surface area contributed by atoms with Crippen molar-refractivity contribution < 1.29 is 4.39 Å². The van der Waals surface area contributed by atoms with Gasteiger partial charge in [-0.15, -0.1) is 0 Å². The monoisotopic (exact) mass is 219 g/mol. The minimum absolute atomic E-state index is 0.219. The first-order valence-electron chi connectivity index (χ1n) is 5.13. The second-order valence-corrected chi connectivity index (χ2v) is 3.85. The number of hydrogen-bond donors (Lipinski definition) is 1. The van der Waals surface area contributed by atoms with Gasteiger partial charge in [-0.1, -0.05) is 0 Å². The first-order valence-corrected chi connectivity index (χ1v) is 5.13. The minimum atomic E-state index is -0.219. The molecule has 1 heterocycles. The van der Waals surface area contributed by atoms with E-state index >= 15 is 0 Å². The molecule has 4 heteroatoms. The van der Waals surface area contributed by atoms with Crippen LogP contribution >= 0.6 is 0 Å². The molecule has 2 rings (SSSR count). The van der Waals surface area contributed by atoms with Crippen LogP contribution in [-0.2, 0) is 13.6 Å². The van der Waals surface area contributed by atoms with Crippen molar-refractivity contribution in [1.82, 2.24) is 9.78 Å². The lowest BCUT2D eigenvalue weighted by Gasteiger charge is -2.05. The molecule has 1 aromatic carbocycles. The topological polar surface area (TPSA) is 29.9 Å². The van der Waals surface area contributed by atoms with Gasteiger partial charge in [0.15, 0.2) is 0 Å². The maximum Gasteiger partial charge on any atom is 0.125 e. The van der Waals surface area contributed by atoms with Crippen LogP contribution in [0.4, 0.5) is 10.1 Å². The Morgan fingerprint density at radius 1 is 1.38 bits per heavy atom. The molecular formula is C12H14FN3. The molecule has 0 fully saturated rings. The van der Waals surface area contributed by atoms with Crippen LogP contribution < -0.4 is 5.32 Å². The number of rotatable bonds is 3. The summed E-state index contributed by atoms with van der Waals surface area (Å²) in [6, 6.07) is 6.83. The molecule has 0 amide bonds. The predicted molar refractivity (Wildman–Crippen MR) is 61.7 cm³/mol. The summed E-state index contributed by atoms with van der Waals surface area (Å²) in [6.45, 7) is 2.47.